The number of hydrogen-bond donors (Lipinski definition) is 1. The number of alkyl halides is 3. The Morgan fingerprint density at radius 3 is 2.50 bits per heavy atom. The van der Waals surface area contributed by atoms with E-state index in [0.717, 1.165) is 48.6 Å². The normalized spacial score (nSPS) is 14.9. The molecule has 4 aromatic rings. The smallest absolute Gasteiger partial charge is 0.439 e. The van der Waals surface area contributed by atoms with Crippen LogP contribution in [0.5, 0.6) is 11.5 Å². The number of halogens is 3. The molecule has 0 bridgehead atoms. The molecule has 0 unspecified atom stereocenters. The van der Waals surface area contributed by atoms with Crippen LogP contribution in [-0.4, -0.2) is 53.4 Å². The summed E-state index contributed by atoms with van der Waals surface area (Å²) in [7, 11) is 3.21. The minimum atomic E-state index is -4.40. The third-order valence-corrected chi connectivity index (χ3v) is 7.84. The summed E-state index contributed by atoms with van der Waals surface area (Å²) in [6.45, 7) is 2.50. The fourth-order valence-corrected chi connectivity index (χ4v) is 5.50. The van der Waals surface area contributed by atoms with E-state index in [2.05, 4.69) is 19.6 Å². The van der Waals surface area contributed by atoms with Gasteiger partial charge in [-0.2, -0.15) is 13.2 Å². The number of ether oxygens (including phenoxy) is 3. The highest BCUT2D eigenvalue weighted by Gasteiger charge is 2.30. The second-order valence-corrected chi connectivity index (χ2v) is 10.4. The number of aromatic nitrogens is 3. The fourth-order valence-electron chi connectivity index (χ4n) is 4.51. The molecule has 0 aliphatic carbocycles. The minimum absolute atomic E-state index is 0.200. The Labute approximate surface area is 231 Å². The number of hydrogen-bond acceptors (Lipinski definition) is 9. The average molecular weight is 577 g/mol. The molecule has 1 saturated heterocycles. The molecule has 2 aromatic carbocycles. The van der Waals surface area contributed by atoms with Crippen LogP contribution in [0.3, 0.4) is 0 Å². The number of benzene rings is 2. The van der Waals surface area contributed by atoms with Gasteiger partial charge in [-0.15, -0.1) is 11.3 Å². The lowest BCUT2D eigenvalue weighted by Gasteiger charge is -2.30. The first-order chi connectivity index (χ1) is 19.2. The summed E-state index contributed by atoms with van der Waals surface area (Å²) < 4.78 is 60.8. The second kappa shape index (κ2) is 11.8. The largest absolute Gasteiger partial charge is 0.496 e. The molecule has 1 aliphatic rings. The van der Waals surface area contributed by atoms with Crippen molar-refractivity contribution in [2.75, 3.05) is 27.3 Å². The quantitative estimate of drug-likeness (QED) is 0.284. The van der Waals surface area contributed by atoms with Crippen LogP contribution in [0.15, 0.2) is 51.8 Å². The summed E-state index contributed by atoms with van der Waals surface area (Å²) in [5, 5.41) is 4.32. The number of nitrogens with zero attached hydrogens (tertiary/aromatic N) is 3. The third-order valence-electron chi connectivity index (χ3n) is 6.72. The van der Waals surface area contributed by atoms with Gasteiger partial charge in [-0.1, -0.05) is 17.3 Å². The molecule has 5 rings (SSSR count). The van der Waals surface area contributed by atoms with Gasteiger partial charge in [0.15, 0.2) is 5.82 Å². The van der Waals surface area contributed by atoms with E-state index in [1.165, 1.54) is 30.6 Å². The number of piperidine rings is 1. The summed E-state index contributed by atoms with van der Waals surface area (Å²) >= 11 is 1.39. The molecule has 1 N–H and O–H groups in total. The van der Waals surface area contributed by atoms with Crippen molar-refractivity contribution in [3.05, 3.63) is 69.1 Å². The SMILES string of the molecule is COc1cc(OCc2sc(-c3ccc(C(F)(F)F)cc3)nc2CN2CCC(OC)CC2)ccc1-c1noc(=O)[nH]1. The lowest BCUT2D eigenvalue weighted by atomic mass is 10.1. The molecule has 0 radical (unpaired) electrons. The highest BCUT2D eigenvalue weighted by atomic mass is 32.1. The Kier molecular flexibility index (Phi) is 8.24. The molecule has 0 saturated carbocycles. The molecule has 9 nitrogen and oxygen atoms in total. The summed E-state index contributed by atoms with van der Waals surface area (Å²) in [5.74, 6) is 0.503. The van der Waals surface area contributed by atoms with Crippen LogP contribution in [0.25, 0.3) is 22.0 Å². The van der Waals surface area contributed by atoms with Gasteiger partial charge in [0.05, 0.1) is 34.9 Å². The third kappa shape index (κ3) is 6.37. The fraction of sp³-hybridized carbons (Fsp3) is 0.370. The van der Waals surface area contributed by atoms with Gasteiger partial charge < -0.3 is 14.2 Å². The summed E-state index contributed by atoms with van der Waals surface area (Å²) in [4.78, 5) is 21.8. The molecular weight excluding hydrogens is 549 g/mol. The van der Waals surface area contributed by atoms with Gasteiger partial charge in [0, 0.05) is 38.4 Å². The number of rotatable bonds is 9. The second-order valence-electron chi connectivity index (χ2n) is 9.27. The monoisotopic (exact) mass is 576 g/mol. The maximum absolute atomic E-state index is 13.1. The number of thiazole rings is 1. The summed E-state index contributed by atoms with van der Waals surface area (Å²) in [6, 6.07) is 10.1. The number of H-pyrrole nitrogens is 1. The van der Waals surface area contributed by atoms with E-state index in [9.17, 15) is 18.0 Å². The molecule has 2 aromatic heterocycles. The first-order valence-corrected chi connectivity index (χ1v) is 13.3. The number of aromatic amines is 1. The molecule has 13 heteroatoms. The van der Waals surface area contributed by atoms with E-state index >= 15 is 0 Å². The minimum Gasteiger partial charge on any atom is -0.496 e. The molecule has 3 heterocycles. The maximum Gasteiger partial charge on any atom is 0.439 e. The Morgan fingerprint density at radius 2 is 1.88 bits per heavy atom. The Bertz CT molecular complexity index is 1490. The lowest BCUT2D eigenvalue weighted by Crippen LogP contribution is -2.36. The van der Waals surface area contributed by atoms with Crippen molar-refractivity contribution in [2.45, 2.75) is 38.3 Å². The molecule has 1 aliphatic heterocycles. The number of methoxy groups -OCH3 is 2. The molecule has 0 amide bonds. The summed E-state index contributed by atoms with van der Waals surface area (Å²) in [6.07, 6.45) is -2.33. The molecule has 0 atom stereocenters. The van der Waals surface area contributed by atoms with Crippen LogP contribution < -0.4 is 15.2 Å². The molecule has 40 heavy (non-hydrogen) atoms. The lowest BCUT2D eigenvalue weighted by molar-refractivity contribution is -0.137. The van der Waals surface area contributed by atoms with Crippen LogP contribution >= 0.6 is 11.3 Å². The van der Waals surface area contributed by atoms with Gasteiger partial charge in [0.2, 0.25) is 0 Å². The highest BCUT2D eigenvalue weighted by Crippen LogP contribution is 2.35. The predicted octanol–water partition coefficient (Wildman–Crippen LogP) is 5.37. The van der Waals surface area contributed by atoms with E-state index in [4.69, 9.17) is 19.2 Å². The van der Waals surface area contributed by atoms with Crippen molar-refractivity contribution in [1.29, 1.82) is 0 Å². The van der Waals surface area contributed by atoms with Gasteiger partial charge in [0.1, 0.15) is 23.1 Å². The van der Waals surface area contributed by atoms with Crippen LogP contribution in [0.2, 0.25) is 0 Å². The van der Waals surface area contributed by atoms with Crippen molar-refractivity contribution in [3.8, 4) is 33.5 Å². The van der Waals surface area contributed by atoms with E-state index in [-0.39, 0.29) is 18.5 Å². The summed E-state index contributed by atoms with van der Waals surface area (Å²) in [5.41, 5.74) is 1.25. The molecule has 0 spiro atoms. The first kappa shape index (κ1) is 27.9. The zero-order chi connectivity index (χ0) is 28.3. The standard InChI is InChI=1S/C27H27F3N4O5S/c1-36-18-9-11-34(12-10-18)14-21-23(40-25(31-21)16-3-5-17(6-4-16)27(28,29)30)15-38-19-7-8-20(22(13-19)37-2)24-32-26(35)39-33-24/h3-8,13,18H,9-12,14-15H2,1-2H3,(H,32,33,35). The molecule has 212 valence electrons. The average Bonchev–Trinajstić information content (AvgIpc) is 3.57. The molecular formula is C27H27F3N4O5S. The van der Waals surface area contributed by atoms with Crippen molar-refractivity contribution >= 4 is 11.3 Å². The number of nitrogens with one attached hydrogen (secondary N) is 1. The van der Waals surface area contributed by atoms with Gasteiger partial charge in [-0.3, -0.25) is 14.4 Å². The Hall–Kier alpha value is -3.68. The van der Waals surface area contributed by atoms with Gasteiger partial charge in [-0.25, -0.2) is 9.78 Å². The molecule has 1 fully saturated rings. The number of likely N-dealkylation sites (tertiary alicyclic amines) is 1. The van der Waals surface area contributed by atoms with Crippen LogP contribution in [0, 0.1) is 0 Å². The van der Waals surface area contributed by atoms with Crippen LogP contribution in [-0.2, 0) is 24.1 Å². The van der Waals surface area contributed by atoms with Crippen molar-refractivity contribution in [1.82, 2.24) is 20.0 Å². The highest BCUT2D eigenvalue weighted by molar-refractivity contribution is 7.15. The zero-order valence-corrected chi connectivity index (χ0v) is 22.6. The maximum atomic E-state index is 13.1. The van der Waals surface area contributed by atoms with Crippen LogP contribution in [0.4, 0.5) is 13.2 Å². The van der Waals surface area contributed by atoms with Crippen LogP contribution in [0.1, 0.15) is 29.0 Å². The Morgan fingerprint density at radius 1 is 1.12 bits per heavy atom. The van der Waals surface area contributed by atoms with Gasteiger partial charge >= 0.3 is 11.9 Å². The van der Waals surface area contributed by atoms with E-state index in [1.807, 2.05) is 0 Å². The Balaban J connectivity index is 1.38. The topological polar surface area (TPSA) is 103 Å². The van der Waals surface area contributed by atoms with E-state index in [0.29, 0.717) is 34.2 Å². The van der Waals surface area contributed by atoms with Gasteiger partial charge in [-0.05, 0) is 37.1 Å². The van der Waals surface area contributed by atoms with Crippen molar-refractivity contribution in [3.63, 3.8) is 0 Å². The van der Waals surface area contributed by atoms with E-state index < -0.39 is 17.5 Å². The van der Waals surface area contributed by atoms with E-state index in [1.54, 1.807) is 25.3 Å². The predicted molar refractivity (Wildman–Crippen MR) is 141 cm³/mol. The zero-order valence-electron chi connectivity index (χ0n) is 21.8. The van der Waals surface area contributed by atoms with Crippen molar-refractivity contribution < 1.29 is 31.9 Å². The van der Waals surface area contributed by atoms with Crippen molar-refractivity contribution in [2.24, 2.45) is 0 Å². The van der Waals surface area contributed by atoms with Gasteiger partial charge in [0.25, 0.3) is 0 Å². The first-order valence-electron chi connectivity index (χ1n) is 12.5.